The Balaban J connectivity index is 0.904. The number of hydrogen-bond donors (Lipinski definition) is 4. The van der Waals surface area contributed by atoms with Crippen molar-refractivity contribution in [2.75, 3.05) is 27.3 Å². The van der Waals surface area contributed by atoms with E-state index in [1.54, 1.807) is 0 Å². The second kappa shape index (κ2) is 16.5. The van der Waals surface area contributed by atoms with E-state index in [-0.39, 0.29) is 64.9 Å². The van der Waals surface area contributed by atoms with Crippen molar-refractivity contribution >= 4 is 17.9 Å². The zero-order valence-electron chi connectivity index (χ0n) is 34.6. The topological polar surface area (TPSA) is 190 Å². The Kier molecular flexibility index (Phi) is 11.4. The fraction of sp³-hybridized carbons (Fsp3) is 0.732. The molecule has 2 aromatic heterocycles. The number of aromatic amines is 2. The van der Waals surface area contributed by atoms with Gasteiger partial charge in [0.2, 0.25) is 5.91 Å². The average Bonchev–Trinajstić information content (AvgIpc) is 4.07. The number of likely N-dealkylation sites (tertiary alicyclic amines) is 2. The molecule has 6 aliphatic rings. The number of morpholine rings is 1. The molecule has 4 N–H and O–H groups in total. The molecule has 3 amide bonds. The lowest BCUT2D eigenvalue weighted by molar-refractivity contribution is -0.839. The average molecular weight is 806 g/mol. The van der Waals surface area contributed by atoms with Gasteiger partial charge in [-0.2, -0.15) is 0 Å². The molecule has 6 heterocycles. The number of carbonyl (C=O) groups excluding carboxylic acids is 3. The molecule has 0 spiro atoms. The maximum absolute atomic E-state index is 13.7. The lowest BCUT2D eigenvalue weighted by atomic mass is 9.72. The van der Waals surface area contributed by atoms with E-state index in [0.717, 1.165) is 80.8 Å². The second-order valence-electron chi connectivity index (χ2n) is 17.9. The van der Waals surface area contributed by atoms with E-state index in [9.17, 15) is 19.3 Å². The van der Waals surface area contributed by atoms with Gasteiger partial charge in [-0.25, -0.2) is 19.6 Å². The monoisotopic (exact) mass is 805 g/mol. The highest BCUT2D eigenvalue weighted by atomic mass is 16.8. The zero-order chi connectivity index (χ0) is 40.8. The molecule has 2 aliphatic carbocycles. The van der Waals surface area contributed by atoms with Gasteiger partial charge in [0.25, 0.3) is 5.91 Å². The third kappa shape index (κ3) is 7.54. The molecule has 0 aromatic carbocycles. The van der Waals surface area contributed by atoms with E-state index in [2.05, 4.69) is 37.9 Å². The minimum atomic E-state index is -0.707. The summed E-state index contributed by atoms with van der Waals surface area (Å²) in [6, 6.07) is -1.13. The summed E-state index contributed by atoms with van der Waals surface area (Å²) in [5.74, 6) is 2.10. The molecule has 5 fully saturated rings. The number of hydrazine groups is 1. The lowest BCUT2D eigenvalue weighted by Crippen LogP contribution is -2.61. The minimum absolute atomic E-state index is 0.0889. The van der Waals surface area contributed by atoms with Crippen LogP contribution in [0.1, 0.15) is 132 Å². The molecule has 3 saturated heterocycles. The molecule has 17 nitrogen and oxygen atoms in total. The maximum atomic E-state index is 13.7. The summed E-state index contributed by atoms with van der Waals surface area (Å²) < 4.78 is 11.8. The van der Waals surface area contributed by atoms with E-state index >= 15 is 0 Å². The summed E-state index contributed by atoms with van der Waals surface area (Å²) in [4.78, 5) is 79.4. The molecule has 17 heteroatoms. The Labute approximate surface area is 339 Å². The van der Waals surface area contributed by atoms with Gasteiger partial charge in [-0.05, 0) is 75.8 Å². The van der Waals surface area contributed by atoms with Gasteiger partial charge in [-0.1, -0.05) is 39.2 Å². The highest BCUT2D eigenvalue weighted by Crippen LogP contribution is 2.50. The van der Waals surface area contributed by atoms with Gasteiger partial charge < -0.3 is 39.5 Å². The molecule has 0 bridgehead atoms. The first-order chi connectivity index (χ1) is 27.9. The van der Waals surface area contributed by atoms with Gasteiger partial charge in [-0.3, -0.25) is 9.59 Å². The normalized spacial score (nSPS) is 31.2. The number of H-pyrrole nitrogens is 2. The van der Waals surface area contributed by atoms with E-state index < -0.39 is 18.2 Å². The third-order valence-electron chi connectivity index (χ3n) is 13.8. The van der Waals surface area contributed by atoms with Crippen LogP contribution >= 0.6 is 0 Å². The van der Waals surface area contributed by atoms with Crippen LogP contribution in [0.2, 0.25) is 0 Å². The van der Waals surface area contributed by atoms with Crippen LogP contribution in [0.4, 0.5) is 4.79 Å². The fourth-order valence-corrected chi connectivity index (χ4v) is 10.8. The molecule has 58 heavy (non-hydrogen) atoms. The van der Waals surface area contributed by atoms with E-state index in [1.165, 1.54) is 14.2 Å². The summed E-state index contributed by atoms with van der Waals surface area (Å²) >= 11 is 0. The van der Waals surface area contributed by atoms with Crippen molar-refractivity contribution in [1.82, 2.24) is 45.4 Å². The largest absolute Gasteiger partial charge is 0.453 e. The number of amides is 3. The first kappa shape index (κ1) is 40.1. The summed E-state index contributed by atoms with van der Waals surface area (Å²) in [5, 5.41) is 2.98. The Hall–Kier alpha value is -4.67. The number of alkyl carbamates (subject to hydrolysis) is 1. The van der Waals surface area contributed by atoms with E-state index in [1.807, 2.05) is 49.9 Å². The molecule has 8 rings (SSSR count). The van der Waals surface area contributed by atoms with Crippen LogP contribution < -0.4 is 10.7 Å². The van der Waals surface area contributed by atoms with Crippen LogP contribution in [-0.2, 0) is 23.9 Å². The number of aromatic nitrogens is 4. The van der Waals surface area contributed by atoms with Gasteiger partial charge in [0.1, 0.15) is 22.6 Å². The molecule has 11 atom stereocenters. The fourth-order valence-electron chi connectivity index (χ4n) is 10.8. The SMILES string of the molecule is COC(=O)NC(C(=O)N1CCCC1c1ncc(C2CCC3OC4CC(c5cnc(C6CCCN6C(=O)C(N[N+](=O)OC)C(C)C)[nH]5)CC5C=CN(C3C2)C54)[nH]1)C(C)C. The van der Waals surface area contributed by atoms with Crippen LogP contribution in [0.3, 0.4) is 0 Å². The molecule has 4 aliphatic heterocycles. The zero-order valence-corrected chi connectivity index (χ0v) is 34.6. The van der Waals surface area contributed by atoms with E-state index in [4.69, 9.17) is 24.3 Å². The molecule has 316 valence electrons. The standard InChI is InChI=1S/C41H60N10O7/c1-22(2)34(46-41(54)56-5)39(52)49-14-7-9-29(49)37-42-20-27(44-37)24-11-12-32-31(18-24)48-16-13-25-17-26(19-33(58-32)36(25)48)28-21-43-38(45-28)30-10-8-15-50(30)40(53)35(23(3)4)47-51(55)57-6/h13,16,20-26,29-36H,7-12,14-15,17-19H2,1-6H3,(H3-,42,43,44,45,46,47,54,55)/p+1. The quantitative estimate of drug-likeness (QED) is 0.221. The number of ether oxygens (including phenoxy) is 2. The summed E-state index contributed by atoms with van der Waals surface area (Å²) in [7, 11) is 2.58. The predicted octanol–water partition coefficient (Wildman–Crippen LogP) is 4.51. The Morgan fingerprint density at radius 3 is 2.05 bits per heavy atom. The van der Waals surface area contributed by atoms with E-state index in [0.29, 0.717) is 31.0 Å². The number of carbonyl (C=O) groups is 3. The number of methoxy groups -OCH3 is 1. The second-order valence-corrected chi connectivity index (χ2v) is 17.9. The molecular weight excluding hydrogens is 745 g/mol. The van der Waals surface area contributed by atoms with Gasteiger partial charge in [0, 0.05) is 54.6 Å². The first-order valence-corrected chi connectivity index (χ1v) is 21.4. The van der Waals surface area contributed by atoms with Crippen molar-refractivity contribution in [3.05, 3.63) is 52.6 Å². The smallest absolute Gasteiger partial charge is 0.407 e. The van der Waals surface area contributed by atoms with Gasteiger partial charge in [0.05, 0.1) is 43.5 Å². The number of rotatable bonds is 12. The van der Waals surface area contributed by atoms with Gasteiger partial charge >= 0.3 is 11.1 Å². The number of imidazole rings is 2. The van der Waals surface area contributed by atoms with Crippen LogP contribution in [0.15, 0.2) is 24.7 Å². The van der Waals surface area contributed by atoms with Crippen LogP contribution in [0.5, 0.6) is 0 Å². The predicted molar refractivity (Wildman–Crippen MR) is 210 cm³/mol. The van der Waals surface area contributed by atoms with Crippen molar-refractivity contribution in [1.29, 1.82) is 0 Å². The van der Waals surface area contributed by atoms with Crippen molar-refractivity contribution in [2.45, 2.75) is 146 Å². The highest BCUT2D eigenvalue weighted by molar-refractivity contribution is 5.86. The molecular formula is C41H61N10O7+. The van der Waals surface area contributed by atoms with Gasteiger partial charge in [0.15, 0.2) is 13.2 Å². The summed E-state index contributed by atoms with van der Waals surface area (Å²) in [5.41, 5.74) is 4.86. The van der Waals surface area contributed by atoms with Crippen molar-refractivity contribution in [2.24, 2.45) is 17.8 Å². The first-order valence-electron chi connectivity index (χ1n) is 21.4. The molecule has 2 saturated carbocycles. The van der Waals surface area contributed by atoms with Crippen molar-refractivity contribution < 1.29 is 33.7 Å². The highest BCUT2D eigenvalue weighted by Gasteiger charge is 2.53. The van der Waals surface area contributed by atoms with Gasteiger partial charge in [-0.15, -0.1) is 0 Å². The van der Waals surface area contributed by atoms with Crippen LogP contribution in [0, 0.1) is 22.7 Å². The molecule has 2 aromatic rings. The molecule has 0 radical (unpaired) electrons. The lowest BCUT2D eigenvalue weighted by Gasteiger charge is -2.54. The van der Waals surface area contributed by atoms with Crippen LogP contribution in [-0.4, -0.2) is 121 Å². The number of nitrogens with one attached hydrogen (secondary N) is 4. The maximum Gasteiger partial charge on any atom is 0.407 e. The number of fused-ring (bicyclic) bond motifs is 2. The summed E-state index contributed by atoms with van der Waals surface area (Å²) in [6.07, 6.45) is 16.5. The van der Waals surface area contributed by atoms with Crippen molar-refractivity contribution in [3.8, 4) is 0 Å². The van der Waals surface area contributed by atoms with Crippen molar-refractivity contribution in [3.63, 3.8) is 0 Å². The number of hydrogen-bond acceptors (Lipinski definition) is 10. The Morgan fingerprint density at radius 1 is 0.828 bits per heavy atom. The third-order valence-corrected chi connectivity index (χ3v) is 13.8. The summed E-state index contributed by atoms with van der Waals surface area (Å²) in [6.45, 7) is 8.91. The Morgan fingerprint density at radius 2 is 1.45 bits per heavy atom. The molecule has 11 unspecified atom stereocenters. The minimum Gasteiger partial charge on any atom is -0.453 e. The number of nitrogens with zero attached hydrogens (tertiary/aromatic N) is 6. The van der Waals surface area contributed by atoms with Crippen LogP contribution in [0.25, 0.3) is 0 Å². The Bertz CT molecular complexity index is 1860.